The standard InChI is InChI=1S/C14H15FN2O2/c1-3-10-7-16-13(19-10)8-17-14(18)11-6-9(2)4-5-12(11)15/h4-7H,3,8H2,1-2H3,(H,17,18). The van der Waals surface area contributed by atoms with Gasteiger partial charge in [-0.3, -0.25) is 4.79 Å². The number of aryl methyl sites for hydroxylation is 2. The van der Waals surface area contributed by atoms with Crippen LogP contribution in [0.3, 0.4) is 0 Å². The molecule has 0 aliphatic heterocycles. The maximum absolute atomic E-state index is 13.5. The first kappa shape index (κ1) is 13.3. The number of hydrogen-bond acceptors (Lipinski definition) is 3. The van der Waals surface area contributed by atoms with Crippen molar-refractivity contribution >= 4 is 5.91 Å². The Bertz CT molecular complexity index is 593. The molecule has 2 rings (SSSR count). The highest BCUT2D eigenvalue weighted by atomic mass is 19.1. The van der Waals surface area contributed by atoms with Crippen molar-refractivity contribution in [2.45, 2.75) is 26.8 Å². The Morgan fingerprint density at radius 3 is 2.95 bits per heavy atom. The van der Waals surface area contributed by atoms with Gasteiger partial charge in [-0.1, -0.05) is 18.6 Å². The van der Waals surface area contributed by atoms with Gasteiger partial charge in [0, 0.05) is 6.42 Å². The zero-order valence-corrected chi connectivity index (χ0v) is 10.9. The van der Waals surface area contributed by atoms with Crippen molar-refractivity contribution in [1.82, 2.24) is 10.3 Å². The predicted octanol–water partition coefficient (Wildman–Crippen LogP) is 2.61. The number of carbonyl (C=O) groups excluding carboxylic acids is 1. The summed E-state index contributed by atoms with van der Waals surface area (Å²) in [5, 5.41) is 2.59. The van der Waals surface area contributed by atoms with Crippen LogP contribution in [0.15, 0.2) is 28.8 Å². The van der Waals surface area contributed by atoms with E-state index in [1.165, 1.54) is 12.1 Å². The van der Waals surface area contributed by atoms with Crippen LogP contribution < -0.4 is 5.32 Å². The molecule has 2 aromatic rings. The van der Waals surface area contributed by atoms with E-state index in [0.29, 0.717) is 5.89 Å². The average molecular weight is 262 g/mol. The second kappa shape index (κ2) is 5.65. The zero-order valence-electron chi connectivity index (χ0n) is 10.9. The van der Waals surface area contributed by atoms with Crippen molar-refractivity contribution in [3.63, 3.8) is 0 Å². The van der Waals surface area contributed by atoms with Gasteiger partial charge >= 0.3 is 0 Å². The van der Waals surface area contributed by atoms with Crippen LogP contribution in [-0.4, -0.2) is 10.9 Å². The second-order valence-corrected chi connectivity index (χ2v) is 4.24. The van der Waals surface area contributed by atoms with Crippen molar-refractivity contribution in [3.8, 4) is 0 Å². The Morgan fingerprint density at radius 1 is 1.47 bits per heavy atom. The molecule has 0 aliphatic rings. The summed E-state index contributed by atoms with van der Waals surface area (Å²) in [6, 6.07) is 4.41. The number of nitrogens with zero attached hydrogens (tertiary/aromatic N) is 1. The lowest BCUT2D eigenvalue weighted by Gasteiger charge is -2.05. The maximum atomic E-state index is 13.5. The van der Waals surface area contributed by atoms with Crippen LogP contribution >= 0.6 is 0 Å². The number of oxazole rings is 1. The largest absolute Gasteiger partial charge is 0.444 e. The molecule has 1 aromatic carbocycles. The molecule has 1 amide bonds. The highest BCUT2D eigenvalue weighted by molar-refractivity contribution is 5.94. The predicted molar refractivity (Wildman–Crippen MR) is 68.2 cm³/mol. The number of amides is 1. The fraction of sp³-hybridized carbons (Fsp3) is 0.286. The summed E-state index contributed by atoms with van der Waals surface area (Å²) in [7, 11) is 0. The Morgan fingerprint density at radius 2 is 2.26 bits per heavy atom. The minimum atomic E-state index is -0.537. The van der Waals surface area contributed by atoms with Crippen LogP contribution in [0, 0.1) is 12.7 Å². The molecule has 1 heterocycles. The Labute approximate surface area is 110 Å². The smallest absolute Gasteiger partial charge is 0.254 e. The number of hydrogen-bond donors (Lipinski definition) is 1. The van der Waals surface area contributed by atoms with E-state index in [-0.39, 0.29) is 12.1 Å². The number of nitrogens with one attached hydrogen (secondary N) is 1. The van der Waals surface area contributed by atoms with Crippen molar-refractivity contribution < 1.29 is 13.6 Å². The molecule has 1 aromatic heterocycles. The van der Waals surface area contributed by atoms with Crippen LogP contribution in [0.5, 0.6) is 0 Å². The molecule has 19 heavy (non-hydrogen) atoms. The van der Waals surface area contributed by atoms with E-state index in [9.17, 15) is 9.18 Å². The van der Waals surface area contributed by atoms with Gasteiger partial charge in [-0.05, 0) is 19.1 Å². The molecule has 0 spiro atoms. The average Bonchev–Trinajstić information content (AvgIpc) is 2.87. The molecular weight excluding hydrogens is 247 g/mol. The molecule has 100 valence electrons. The first-order valence-corrected chi connectivity index (χ1v) is 6.08. The van der Waals surface area contributed by atoms with E-state index < -0.39 is 11.7 Å². The summed E-state index contributed by atoms with van der Waals surface area (Å²) in [5.41, 5.74) is 0.859. The molecule has 0 fully saturated rings. The van der Waals surface area contributed by atoms with Gasteiger partial charge in [-0.15, -0.1) is 0 Å². The van der Waals surface area contributed by atoms with Gasteiger partial charge in [0.25, 0.3) is 5.91 Å². The van der Waals surface area contributed by atoms with Crippen molar-refractivity contribution in [2.24, 2.45) is 0 Å². The number of aromatic nitrogens is 1. The molecule has 5 heteroatoms. The Balaban J connectivity index is 2.03. The van der Waals surface area contributed by atoms with E-state index in [1.54, 1.807) is 19.2 Å². The normalized spacial score (nSPS) is 10.5. The molecule has 1 N–H and O–H groups in total. The molecule has 0 saturated carbocycles. The highest BCUT2D eigenvalue weighted by Crippen LogP contribution is 2.10. The summed E-state index contributed by atoms with van der Waals surface area (Å²) in [4.78, 5) is 15.9. The first-order valence-electron chi connectivity index (χ1n) is 6.08. The summed E-state index contributed by atoms with van der Waals surface area (Å²) >= 11 is 0. The molecule has 4 nitrogen and oxygen atoms in total. The number of carbonyl (C=O) groups is 1. The van der Waals surface area contributed by atoms with Crippen molar-refractivity contribution in [1.29, 1.82) is 0 Å². The molecular formula is C14H15FN2O2. The van der Waals surface area contributed by atoms with Crippen molar-refractivity contribution in [2.75, 3.05) is 0 Å². The third-order valence-electron chi connectivity index (χ3n) is 2.72. The van der Waals surface area contributed by atoms with Gasteiger partial charge in [0.15, 0.2) is 0 Å². The van der Waals surface area contributed by atoms with E-state index in [4.69, 9.17) is 4.42 Å². The highest BCUT2D eigenvalue weighted by Gasteiger charge is 2.12. The van der Waals surface area contributed by atoms with Crippen LogP contribution in [0.1, 0.15) is 34.5 Å². The number of benzene rings is 1. The minimum absolute atomic E-state index is 0.0299. The molecule has 0 atom stereocenters. The fourth-order valence-electron chi connectivity index (χ4n) is 1.66. The molecule has 0 bridgehead atoms. The van der Waals surface area contributed by atoms with Crippen molar-refractivity contribution in [3.05, 3.63) is 53.0 Å². The summed E-state index contributed by atoms with van der Waals surface area (Å²) in [5.74, 6) is 0.159. The minimum Gasteiger partial charge on any atom is -0.444 e. The fourth-order valence-corrected chi connectivity index (χ4v) is 1.66. The van der Waals surface area contributed by atoms with E-state index >= 15 is 0 Å². The van der Waals surface area contributed by atoms with Gasteiger partial charge in [0.05, 0.1) is 18.3 Å². The SMILES string of the molecule is CCc1cnc(CNC(=O)c2cc(C)ccc2F)o1. The van der Waals surface area contributed by atoms with Gasteiger partial charge in [-0.25, -0.2) is 9.37 Å². The van der Waals surface area contributed by atoms with E-state index in [2.05, 4.69) is 10.3 Å². The molecule has 0 radical (unpaired) electrons. The van der Waals surface area contributed by atoms with Crippen LogP contribution in [-0.2, 0) is 13.0 Å². The van der Waals surface area contributed by atoms with E-state index in [1.807, 2.05) is 6.92 Å². The summed E-state index contributed by atoms with van der Waals surface area (Å²) in [6.07, 6.45) is 2.36. The van der Waals surface area contributed by atoms with Crippen LogP contribution in [0.4, 0.5) is 4.39 Å². The van der Waals surface area contributed by atoms with E-state index in [0.717, 1.165) is 17.7 Å². The molecule has 0 aliphatic carbocycles. The molecule has 0 saturated heterocycles. The Hall–Kier alpha value is -2.17. The zero-order chi connectivity index (χ0) is 13.8. The first-order chi connectivity index (χ1) is 9.10. The summed E-state index contributed by atoms with van der Waals surface area (Å²) in [6.45, 7) is 3.90. The van der Waals surface area contributed by atoms with Crippen LogP contribution in [0.2, 0.25) is 0 Å². The topological polar surface area (TPSA) is 55.1 Å². The third-order valence-corrected chi connectivity index (χ3v) is 2.72. The number of halogens is 1. The lowest BCUT2D eigenvalue weighted by molar-refractivity contribution is 0.0943. The summed E-state index contributed by atoms with van der Waals surface area (Å²) < 4.78 is 18.9. The van der Waals surface area contributed by atoms with Gasteiger partial charge < -0.3 is 9.73 Å². The third kappa shape index (κ3) is 3.19. The van der Waals surface area contributed by atoms with Gasteiger partial charge in [0.1, 0.15) is 11.6 Å². The maximum Gasteiger partial charge on any atom is 0.254 e. The monoisotopic (exact) mass is 262 g/mol. The lowest BCUT2D eigenvalue weighted by Crippen LogP contribution is -2.24. The van der Waals surface area contributed by atoms with Gasteiger partial charge in [0.2, 0.25) is 5.89 Å². The molecule has 0 unspecified atom stereocenters. The number of rotatable bonds is 4. The lowest BCUT2D eigenvalue weighted by atomic mass is 10.1. The second-order valence-electron chi connectivity index (χ2n) is 4.24. The van der Waals surface area contributed by atoms with Gasteiger partial charge in [-0.2, -0.15) is 0 Å². The van der Waals surface area contributed by atoms with Crippen LogP contribution in [0.25, 0.3) is 0 Å². The Kier molecular flexibility index (Phi) is 3.94. The quantitative estimate of drug-likeness (QED) is 0.921.